The molecular formula is C14H26N4O. The number of aryl methyl sites for hydroxylation is 2. The van der Waals surface area contributed by atoms with E-state index < -0.39 is 0 Å². The summed E-state index contributed by atoms with van der Waals surface area (Å²) in [4.78, 5) is 2.45. The topological polar surface area (TPSA) is 56.3 Å². The maximum absolute atomic E-state index is 5.99. The van der Waals surface area contributed by atoms with Crippen molar-refractivity contribution in [2.75, 3.05) is 24.7 Å². The number of aromatic nitrogens is 2. The molecule has 0 bridgehead atoms. The lowest BCUT2D eigenvalue weighted by Crippen LogP contribution is -2.46. The number of nitrogens with zero attached hydrogens (tertiary/aromatic N) is 3. The Balaban J connectivity index is 2.36. The van der Waals surface area contributed by atoms with Crippen molar-refractivity contribution in [2.45, 2.75) is 45.7 Å². The van der Waals surface area contributed by atoms with Gasteiger partial charge in [0.2, 0.25) is 0 Å². The fourth-order valence-electron chi connectivity index (χ4n) is 2.88. The first-order valence-electron chi connectivity index (χ1n) is 7.17. The Morgan fingerprint density at radius 2 is 2.26 bits per heavy atom. The zero-order chi connectivity index (χ0) is 14.0. The first-order valence-corrected chi connectivity index (χ1v) is 7.17. The highest BCUT2D eigenvalue weighted by Crippen LogP contribution is 2.28. The SMILES string of the molecule is CCC1COCCN1c1c(CC(C)N)c(C)nn1C. The predicted octanol–water partition coefficient (Wildman–Crippen LogP) is 1.23. The molecule has 19 heavy (non-hydrogen) atoms. The van der Waals surface area contributed by atoms with Crippen LogP contribution in [0.4, 0.5) is 5.82 Å². The maximum Gasteiger partial charge on any atom is 0.130 e. The minimum Gasteiger partial charge on any atom is -0.377 e. The first-order chi connectivity index (χ1) is 9.04. The van der Waals surface area contributed by atoms with Gasteiger partial charge in [-0.1, -0.05) is 6.92 Å². The van der Waals surface area contributed by atoms with Crippen molar-refractivity contribution in [1.29, 1.82) is 0 Å². The lowest BCUT2D eigenvalue weighted by Gasteiger charge is -2.37. The summed E-state index contributed by atoms with van der Waals surface area (Å²) >= 11 is 0. The summed E-state index contributed by atoms with van der Waals surface area (Å²) in [6.45, 7) is 8.86. The lowest BCUT2D eigenvalue weighted by atomic mass is 10.1. The van der Waals surface area contributed by atoms with E-state index in [0.717, 1.165) is 38.3 Å². The molecule has 1 aromatic rings. The van der Waals surface area contributed by atoms with E-state index in [1.165, 1.54) is 11.4 Å². The Morgan fingerprint density at radius 1 is 1.53 bits per heavy atom. The molecule has 2 atom stereocenters. The molecule has 2 unspecified atom stereocenters. The van der Waals surface area contributed by atoms with E-state index >= 15 is 0 Å². The zero-order valence-electron chi connectivity index (χ0n) is 12.5. The normalized spacial score (nSPS) is 21.7. The van der Waals surface area contributed by atoms with Crippen LogP contribution in [-0.4, -0.2) is 41.6 Å². The second-order valence-electron chi connectivity index (χ2n) is 5.52. The summed E-state index contributed by atoms with van der Waals surface area (Å²) in [6, 6.07) is 0.596. The highest BCUT2D eigenvalue weighted by Gasteiger charge is 2.27. The van der Waals surface area contributed by atoms with Crippen molar-refractivity contribution in [2.24, 2.45) is 12.8 Å². The average Bonchev–Trinajstić information content (AvgIpc) is 2.63. The Labute approximate surface area is 115 Å². The van der Waals surface area contributed by atoms with Gasteiger partial charge >= 0.3 is 0 Å². The van der Waals surface area contributed by atoms with Gasteiger partial charge in [-0.05, 0) is 26.7 Å². The van der Waals surface area contributed by atoms with Crippen LogP contribution >= 0.6 is 0 Å². The average molecular weight is 266 g/mol. The summed E-state index contributed by atoms with van der Waals surface area (Å²) in [5, 5.41) is 4.59. The third-order valence-electron chi connectivity index (χ3n) is 3.81. The fraction of sp³-hybridized carbons (Fsp3) is 0.786. The molecule has 1 aromatic heterocycles. The van der Waals surface area contributed by atoms with Gasteiger partial charge in [0.05, 0.1) is 24.9 Å². The molecule has 0 aliphatic carbocycles. The Hall–Kier alpha value is -1.07. The van der Waals surface area contributed by atoms with E-state index in [2.05, 4.69) is 23.8 Å². The molecule has 5 heteroatoms. The van der Waals surface area contributed by atoms with E-state index in [1.807, 2.05) is 18.7 Å². The van der Waals surface area contributed by atoms with Crippen LogP contribution in [0.15, 0.2) is 0 Å². The van der Waals surface area contributed by atoms with Crippen molar-refractivity contribution >= 4 is 5.82 Å². The summed E-state index contributed by atoms with van der Waals surface area (Å²) < 4.78 is 7.60. The van der Waals surface area contributed by atoms with Gasteiger partial charge in [-0.2, -0.15) is 5.10 Å². The van der Waals surface area contributed by atoms with Gasteiger partial charge < -0.3 is 15.4 Å². The van der Waals surface area contributed by atoms with Crippen LogP contribution in [0.2, 0.25) is 0 Å². The number of hydrogen-bond acceptors (Lipinski definition) is 4. The van der Waals surface area contributed by atoms with Gasteiger partial charge in [-0.15, -0.1) is 0 Å². The molecule has 0 radical (unpaired) electrons. The predicted molar refractivity (Wildman–Crippen MR) is 77.5 cm³/mol. The van der Waals surface area contributed by atoms with E-state index in [0.29, 0.717) is 6.04 Å². The van der Waals surface area contributed by atoms with Gasteiger partial charge in [-0.25, -0.2) is 0 Å². The molecule has 0 spiro atoms. The minimum atomic E-state index is 0.155. The molecule has 0 saturated carbocycles. The maximum atomic E-state index is 5.99. The zero-order valence-corrected chi connectivity index (χ0v) is 12.5. The van der Waals surface area contributed by atoms with Crippen molar-refractivity contribution in [3.05, 3.63) is 11.3 Å². The largest absolute Gasteiger partial charge is 0.377 e. The molecule has 5 nitrogen and oxygen atoms in total. The third kappa shape index (κ3) is 2.92. The van der Waals surface area contributed by atoms with Crippen molar-refractivity contribution < 1.29 is 4.74 Å². The minimum absolute atomic E-state index is 0.155. The molecule has 0 aromatic carbocycles. The van der Waals surface area contributed by atoms with Crippen LogP contribution in [0.25, 0.3) is 0 Å². The number of hydrogen-bond donors (Lipinski definition) is 1. The smallest absolute Gasteiger partial charge is 0.130 e. The van der Waals surface area contributed by atoms with Gasteiger partial charge in [-0.3, -0.25) is 4.68 Å². The van der Waals surface area contributed by atoms with Crippen molar-refractivity contribution in [3.8, 4) is 0 Å². The van der Waals surface area contributed by atoms with Crippen LogP contribution < -0.4 is 10.6 Å². The van der Waals surface area contributed by atoms with Crippen LogP contribution in [0, 0.1) is 6.92 Å². The number of ether oxygens (including phenoxy) is 1. The second-order valence-corrected chi connectivity index (χ2v) is 5.52. The number of morpholine rings is 1. The van der Waals surface area contributed by atoms with Crippen LogP contribution in [-0.2, 0) is 18.2 Å². The molecule has 1 aliphatic rings. The quantitative estimate of drug-likeness (QED) is 0.890. The first kappa shape index (κ1) is 14.3. The monoisotopic (exact) mass is 266 g/mol. The van der Waals surface area contributed by atoms with Gasteiger partial charge in [0.25, 0.3) is 0 Å². The number of anilines is 1. The van der Waals surface area contributed by atoms with Crippen LogP contribution in [0.3, 0.4) is 0 Å². The van der Waals surface area contributed by atoms with Crippen molar-refractivity contribution in [1.82, 2.24) is 9.78 Å². The summed E-state index contributed by atoms with van der Waals surface area (Å²) in [5.74, 6) is 1.23. The van der Waals surface area contributed by atoms with Gasteiger partial charge in [0.1, 0.15) is 5.82 Å². The van der Waals surface area contributed by atoms with Crippen molar-refractivity contribution in [3.63, 3.8) is 0 Å². The number of nitrogens with two attached hydrogens (primary N) is 1. The standard InChI is InChI=1S/C14H26N4O/c1-5-12-9-19-7-6-18(12)14-13(8-10(2)15)11(3)16-17(14)4/h10,12H,5-9,15H2,1-4H3. The van der Waals surface area contributed by atoms with Crippen LogP contribution in [0.5, 0.6) is 0 Å². The third-order valence-corrected chi connectivity index (χ3v) is 3.81. The Kier molecular flexibility index (Phi) is 4.47. The Bertz CT molecular complexity index is 427. The molecule has 0 amide bonds. The molecule has 1 fully saturated rings. The van der Waals surface area contributed by atoms with Crippen LogP contribution in [0.1, 0.15) is 31.5 Å². The molecule has 2 heterocycles. The molecule has 108 valence electrons. The highest BCUT2D eigenvalue weighted by atomic mass is 16.5. The highest BCUT2D eigenvalue weighted by molar-refractivity contribution is 5.52. The second kappa shape index (κ2) is 5.92. The van der Waals surface area contributed by atoms with E-state index in [9.17, 15) is 0 Å². The van der Waals surface area contributed by atoms with E-state index in [4.69, 9.17) is 10.5 Å². The molecule has 2 rings (SSSR count). The van der Waals surface area contributed by atoms with Gasteiger partial charge in [0.15, 0.2) is 0 Å². The fourth-order valence-corrected chi connectivity index (χ4v) is 2.88. The summed E-state index contributed by atoms with van der Waals surface area (Å²) in [7, 11) is 2.02. The lowest BCUT2D eigenvalue weighted by molar-refractivity contribution is 0.0921. The Morgan fingerprint density at radius 3 is 2.89 bits per heavy atom. The summed E-state index contributed by atoms with van der Waals surface area (Å²) in [6.07, 6.45) is 1.96. The molecular weight excluding hydrogens is 240 g/mol. The van der Waals surface area contributed by atoms with Gasteiger partial charge in [0, 0.05) is 25.2 Å². The molecule has 1 saturated heterocycles. The van der Waals surface area contributed by atoms with E-state index in [1.54, 1.807) is 0 Å². The molecule has 1 aliphatic heterocycles. The number of rotatable bonds is 4. The summed E-state index contributed by atoms with van der Waals surface area (Å²) in [5.41, 5.74) is 8.37. The van der Waals surface area contributed by atoms with E-state index in [-0.39, 0.29) is 6.04 Å². The molecule has 2 N–H and O–H groups in total.